The summed E-state index contributed by atoms with van der Waals surface area (Å²) in [6.07, 6.45) is 0. The fourth-order valence-electron chi connectivity index (χ4n) is 16.5. The van der Waals surface area contributed by atoms with Gasteiger partial charge in [-0.25, -0.2) is 4.98 Å². The summed E-state index contributed by atoms with van der Waals surface area (Å²) in [5, 5.41) is 22.1. The zero-order valence-corrected chi connectivity index (χ0v) is 53.5. The van der Waals surface area contributed by atoms with Crippen molar-refractivity contribution < 1.29 is 0 Å². The minimum atomic E-state index is 0.520. The largest absolute Gasteiger partial charge is 0.309 e. The summed E-state index contributed by atoms with van der Waals surface area (Å²) >= 11 is 0. The first kappa shape index (κ1) is 55.9. The van der Waals surface area contributed by atoms with Gasteiger partial charge in [0.05, 0.1) is 60.7 Å². The molecule has 0 aliphatic carbocycles. The summed E-state index contributed by atoms with van der Waals surface area (Å²) in [6, 6.07) is 128. The first-order valence-electron chi connectivity index (χ1n) is 33.7. The normalized spacial score (nSPS) is 11.8. The summed E-state index contributed by atoms with van der Waals surface area (Å²) in [5.41, 5.74) is 23.8. The first-order valence-corrected chi connectivity index (χ1v) is 33.7. The Balaban J connectivity index is 1.11. The van der Waals surface area contributed by atoms with Gasteiger partial charge in [-0.1, -0.05) is 224 Å². The standard InChI is InChI=1S/C92H57N7/c93-58-72-87(68-44-26-54-79-83(68)64-40-16-21-49-74(64)95(79)59-30-6-1-7-31-59)89(70-46-28-56-81-85(70)66-42-18-23-51-76(66)97(81)61-34-10-3-11-35-61)90(71-47-29-57-82-86(71)67-43-19-24-52-77(67)98(82)62-36-12-4-13-37-62)91(92-94-73-48-20-25-53-78(73)99(92)63-38-14-5-15-39-63)88(72)69-45-27-55-80-84(69)65-41-17-22-50-75(65)96(80)60-32-8-2-9-33-60/h1-57H. The van der Waals surface area contributed by atoms with Crippen molar-refractivity contribution in [3.05, 3.63) is 351 Å². The van der Waals surface area contributed by atoms with Gasteiger partial charge in [0.2, 0.25) is 0 Å². The van der Waals surface area contributed by atoms with Gasteiger partial charge in [-0.2, -0.15) is 5.26 Å². The third kappa shape index (κ3) is 8.27. The van der Waals surface area contributed by atoms with Crippen molar-refractivity contribution in [2.24, 2.45) is 0 Å². The smallest absolute Gasteiger partial charge is 0.147 e. The van der Waals surface area contributed by atoms with Gasteiger partial charge in [-0.3, -0.25) is 4.57 Å². The molecule has 0 unspecified atom stereocenters. The monoisotopic (exact) mass is 1260 g/mol. The zero-order chi connectivity index (χ0) is 65.2. The highest BCUT2D eigenvalue weighted by atomic mass is 15.1. The molecule has 0 spiro atoms. The quantitative estimate of drug-likeness (QED) is 0.137. The molecule has 99 heavy (non-hydrogen) atoms. The van der Waals surface area contributed by atoms with Crippen LogP contribution in [0.1, 0.15) is 5.56 Å². The minimum Gasteiger partial charge on any atom is -0.309 e. The Bertz CT molecular complexity index is 6700. The number of benzene rings is 15. The fraction of sp³-hybridized carbons (Fsp3) is 0. The van der Waals surface area contributed by atoms with E-state index in [4.69, 9.17) is 4.98 Å². The van der Waals surface area contributed by atoms with Crippen LogP contribution in [0.4, 0.5) is 0 Å². The van der Waals surface area contributed by atoms with Gasteiger partial charge in [-0.05, 0) is 144 Å². The predicted octanol–water partition coefficient (Wildman–Crippen LogP) is 23.6. The van der Waals surface area contributed by atoms with Gasteiger partial charge in [0, 0.05) is 99.3 Å². The van der Waals surface area contributed by atoms with E-state index in [2.05, 4.69) is 375 Å². The van der Waals surface area contributed by atoms with Crippen molar-refractivity contribution in [1.29, 1.82) is 5.26 Å². The highest BCUT2D eigenvalue weighted by Gasteiger charge is 2.36. The van der Waals surface area contributed by atoms with Crippen LogP contribution in [0.15, 0.2) is 346 Å². The highest BCUT2D eigenvalue weighted by molar-refractivity contribution is 6.28. The minimum absolute atomic E-state index is 0.520. The Kier molecular flexibility index (Phi) is 12.6. The number of nitrogens with zero attached hydrogens (tertiary/aromatic N) is 7. The lowest BCUT2D eigenvalue weighted by Gasteiger charge is -2.27. The Morgan fingerprint density at radius 3 is 0.798 bits per heavy atom. The molecule has 0 bridgehead atoms. The average molecular weight is 1260 g/mol. The summed E-state index contributed by atoms with van der Waals surface area (Å²) in [6.45, 7) is 0. The summed E-state index contributed by atoms with van der Waals surface area (Å²) < 4.78 is 12.0. The second-order valence-electron chi connectivity index (χ2n) is 25.5. The van der Waals surface area contributed by atoms with E-state index in [1.165, 1.54) is 0 Å². The molecule has 5 heterocycles. The Morgan fingerprint density at radius 1 is 0.212 bits per heavy atom. The van der Waals surface area contributed by atoms with Crippen molar-refractivity contribution in [1.82, 2.24) is 27.8 Å². The molecule has 7 heteroatoms. The Labute approximate surface area is 569 Å². The summed E-state index contributed by atoms with van der Waals surface area (Å²) in [7, 11) is 0. The molecule has 20 rings (SSSR count). The van der Waals surface area contributed by atoms with Crippen LogP contribution in [0.3, 0.4) is 0 Å². The van der Waals surface area contributed by atoms with Crippen LogP contribution in [0.25, 0.3) is 183 Å². The van der Waals surface area contributed by atoms with Crippen molar-refractivity contribution in [2.75, 3.05) is 0 Å². The molecule has 0 fully saturated rings. The van der Waals surface area contributed by atoms with Crippen molar-refractivity contribution in [2.45, 2.75) is 0 Å². The molecule has 0 amide bonds. The molecule has 0 radical (unpaired) electrons. The zero-order valence-electron chi connectivity index (χ0n) is 53.5. The Hall–Kier alpha value is -13.5. The predicted molar refractivity (Wildman–Crippen MR) is 410 cm³/mol. The fourth-order valence-corrected chi connectivity index (χ4v) is 16.5. The van der Waals surface area contributed by atoms with E-state index in [-0.39, 0.29) is 0 Å². The van der Waals surface area contributed by atoms with Crippen LogP contribution in [-0.4, -0.2) is 27.8 Å². The number of nitriles is 1. The van der Waals surface area contributed by atoms with E-state index >= 15 is 0 Å². The number of hydrogen-bond donors (Lipinski definition) is 0. The van der Waals surface area contributed by atoms with Crippen molar-refractivity contribution in [3.63, 3.8) is 0 Å². The van der Waals surface area contributed by atoms with Crippen molar-refractivity contribution in [3.8, 4) is 90.4 Å². The van der Waals surface area contributed by atoms with E-state index in [9.17, 15) is 5.26 Å². The molecule has 0 aliphatic rings. The van der Waals surface area contributed by atoms with E-state index in [0.29, 0.717) is 11.4 Å². The van der Waals surface area contributed by atoms with Gasteiger partial charge < -0.3 is 18.3 Å². The highest BCUT2D eigenvalue weighted by Crippen LogP contribution is 2.59. The van der Waals surface area contributed by atoms with Gasteiger partial charge in [0.25, 0.3) is 0 Å². The van der Waals surface area contributed by atoms with Crippen LogP contribution < -0.4 is 0 Å². The lowest BCUT2D eigenvalue weighted by atomic mass is 9.75. The molecule has 0 N–H and O–H groups in total. The number of imidazole rings is 1. The summed E-state index contributed by atoms with van der Waals surface area (Å²) in [5.74, 6) is 0.696. The molecular weight excluding hydrogens is 1200 g/mol. The van der Waals surface area contributed by atoms with Crippen LogP contribution in [-0.2, 0) is 0 Å². The van der Waals surface area contributed by atoms with Crippen LogP contribution in [0.5, 0.6) is 0 Å². The van der Waals surface area contributed by atoms with E-state index in [0.717, 1.165) is 177 Å². The molecule has 0 saturated heterocycles. The van der Waals surface area contributed by atoms with Gasteiger partial charge in [0.15, 0.2) is 0 Å². The molecule has 0 aliphatic heterocycles. The number of fused-ring (bicyclic) bond motifs is 13. The second-order valence-corrected chi connectivity index (χ2v) is 25.5. The van der Waals surface area contributed by atoms with Crippen molar-refractivity contribution >= 4 is 98.3 Å². The number of hydrogen-bond acceptors (Lipinski definition) is 2. The molecule has 5 aromatic heterocycles. The molecule has 0 atom stereocenters. The third-order valence-corrected chi connectivity index (χ3v) is 20.3. The van der Waals surface area contributed by atoms with Gasteiger partial charge in [-0.15, -0.1) is 0 Å². The second kappa shape index (κ2) is 22.3. The first-order chi connectivity index (χ1) is 49.2. The molecular formula is C92H57N7. The maximum Gasteiger partial charge on any atom is 0.147 e. The number of rotatable bonds is 10. The molecule has 20 aromatic rings. The van der Waals surface area contributed by atoms with Crippen LogP contribution in [0.2, 0.25) is 0 Å². The lowest BCUT2D eigenvalue weighted by molar-refractivity contribution is 1.10. The molecule has 15 aromatic carbocycles. The SMILES string of the molecule is N#Cc1c(-c2cccc3c2c2ccccc2n3-c2ccccc2)c(-c2cccc3c2c2ccccc2n3-c2ccccc2)c(-c2cccc3c2c2ccccc2n3-c2ccccc2)c(-c2nc3ccccc3n2-c2ccccc2)c1-c1cccc2c1c1ccccc1n2-c1ccccc1. The molecule has 0 saturated carbocycles. The van der Waals surface area contributed by atoms with E-state index in [1.54, 1.807) is 0 Å². The average Bonchev–Trinajstić information content (AvgIpc) is 1.63. The van der Waals surface area contributed by atoms with Crippen LogP contribution >= 0.6 is 0 Å². The third-order valence-electron chi connectivity index (χ3n) is 20.3. The van der Waals surface area contributed by atoms with E-state index in [1.807, 2.05) is 0 Å². The van der Waals surface area contributed by atoms with E-state index < -0.39 is 0 Å². The lowest BCUT2D eigenvalue weighted by Crippen LogP contribution is -2.07. The van der Waals surface area contributed by atoms with Gasteiger partial charge in [0.1, 0.15) is 11.9 Å². The van der Waals surface area contributed by atoms with Gasteiger partial charge >= 0.3 is 0 Å². The maximum absolute atomic E-state index is 13.6. The number of para-hydroxylation sites is 11. The Morgan fingerprint density at radius 2 is 0.465 bits per heavy atom. The summed E-state index contributed by atoms with van der Waals surface area (Å²) in [4.78, 5) is 6.05. The molecule has 460 valence electrons. The molecule has 7 nitrogen and oxygen atoms in total. The van der Waals surface area contributed by atoms with Crippen LogP contribution in [0, 0.1) is 11.3 Å². The topological polar surface area (TPSA) is 61.3 Å². The maximum atomic E-state index is 13.6. The number of aromatic nitrogens is 6.